The number of ether oxygens (including phenoxy) is 2. The van der Waals surface area contributed by atoms with Gasteiger partial charge in [-0.25, -0.2) is 0 Å². The summed E-state index contributed by atoms with van der Waals surface area (Å²) in [6.45, 7) is 0. The normalized spacial score (nSPS) is 10.9. The van der Waals surface area contributed by atoms with Crippen LogP contribution in [0.15, 0.2) is 48.7 Å². The van der Waals surface area contributed by atoms with Crippen molar-refractivity contribution in [1.29, 1.82) is 5.26 Å². The molecule has 0 fully saturated rings. The topological polar surface area (TPSA) is 55.1 Å². The molecule has 0 aliphatic carbocycles. The van der Waals surface area contributed by atoms with E-state index in [-0.39, 0.29) is 0 Å². The van der Waals surface area contributed by atoms with Crippen molar-refractivity contribution >= 4 is 32.4 Å². The third-order valence-electron chi connectivity index (χ3n) is 4.32. The summed E-state index contributed by atoms with van der Waals surface area (Å²) >= 11 is 0. The Hall–Kier alpha value is -3.32. The van der Waals surface area contributed by atoms with Gasteiger partial charge in [0.25, 0.3) is 0 Å². The highest BCUT2D eigenvalue weighted by Crippen LogP contribution is 2.37. The number of aromatic nitrogens is 1. The van der Waals surface area contributed by atoms with E-state index in [1.165, 1.54) is 0 Å². The van der Waals surface area contributed by atoms with Crippen LogP contribution in [0.2, 0.25) is 0 Å². The first-order valence-corrected chi connectivity index (χ1v) is 7.52. The summed E-state index contributed by atoms with van der Waals surface area (Å²) in [7, 11) is 3.26. The lowest BCUT2D eigenvalue weighted by molar-refractivity contribution is 0.356. The molecule has 0 saturated carbocycles. The molecule has 0 radical (unpaired) electrons. The molecule has 4 aromatic rings. The number of methoxy groups -OCH3 is 2. The van der Waals surface area contributed by atoms with Crippen LogP contribution in [0.1, 0.15) is 5.56 Å². The number of fused-ring (bicyclic) bond motifs is 5. The highest BCUT2D eigenvalue weighted by atomic mass is 16.5. The number of pyridine rings is 1. The minimum Gasteiger partial charge on any atom is -0.493 e. The lowest BCUT2D eigenvalue weighted by Crippen LogP contribution is -1.91. The number of nitriles is 1. The molecule has 0 bridgehead atoms. The molecule has 0 amide bonds. The van der Waals surface area contributed by atoms with Crippen LogP contribution in [-0.2, 0) is 0 Å². The molecule has 4 nitrogen and oxygen atoms in total. The van der Waals surface area contributed by atoms with Gasteiger partial charge in [-0.2, -0.15) is 5.26 Å². The smallest absolute Gasteiger partial charge is 0.161 e. The maximum Gasteiger partial charge on any atom is 0.161 e. The second kappa shape index (κ2) is 5.39. The van der Waals surface area contributed by atoms with E-state index in [0.717, 1.165) is 32.4 Å². The summed E-state index contributed by atoms with van der Waals surface area (Å²) in [4.78, 5) is 4.54. The third-order valence-corrected chi connectivity index (χ3v) is 4.32. The molecular weight excluding hydrogens is 300 g/mol. The first-order chi connectivity index (χ1) is 11.7. The average molecular weight is 314 g/mol. The molecule has 0 spiro atoms. The first kappa shape index (κ1) is 14.3. The Labute approximate surface area is 138 Å². The predicted molar refractivity (Wildman–Crippen MR) is 94.6 cm³/mol. The number of nitrogens with zero attached hydrogens (tertiary/aromatic N) is 2. The van der Waals surface area contributed by atoms with Crippen LogP contribution in [0, 0.1) is 11.3 Å². The van der Waals surface area contributed by atoms with Crippen molar-refractivity contribution in [3.8, 4) is 17.6 Å². The number of hydrogen-bond donors (Lipinski definition) is 0. The molecule has 4 heteroatoms. The van der Waals surface area contributed by atoms with Crippen LogP contribution < -0.4 is 9.47 Å². The molecule has 4 rings (SSSR count). The van der Waals surface area contributed by atoms with E-state index >= 15 is 0 Å². The molecule has 0 aliphatic heterocycles. The van der Waals surface area contributed by atoms with E-state index in [1.807, 2.05) is 36.5 Å². The molecule has 0 unspecified atom stereocenters. The Bertz CT molecular complexity index is 1140. The van der Waals surface area contributed by atoms with Gasteiger partial charge in [-0.3, -0.25) is 4.98 Å². The summed E-state index contributed by atoms with van der Waals surface area (Å²) in [6.07, 6.45) is 1.85. The van der Waals surface area contributed by atoms with E-state index < -0.39 is 0 Å². The van der Waals surface area contributed by atoms with Crippen molar-refractivity contribution in [2.75, 3.05) is 14.2 Å². The molecule has 24 heavy (non-hydrogen) atoms. The van der Waals surface area contributed by atoms with Gasteiger partial charge < -0.3 is 9.47 Å². The van der Waals surface area contributed by atoms with E-state index in [1.54, 1.807) is 14.2 Å². The van der Waals surface area contributed by atoms with Crippen LogP contribution >= 0.6 is 0 Å². The van der Waals surface area contributed by atoms with Crippen LogP contribution in [0.25, 0.3) is 32.4 Å². The lowest BCUT2D eigenvalue weighted by Gasteiger charge is -2.12. The zero-order valence-electron chi connectivity index (χ0n) is 13.3. The van der Waals surface area contributed by atoms with Gasteiger partial charge in [0.05, 0.1) is 31.4 Å². The van der Waals surface area contributed by atoms with E-state index in [4.69, 9.17) is 14.7 Å². The van der Waals surface area contributed by atoms with E-state index in [0.29, 0.717) is 17.1 Å². The van der Waals surface area contributed by atoms with Gasteiger partial charge >= 0.3 is 0 Å². The maximum atomic E-state index is 9.06. The fourth-order valence-electron chi connectivity index (χ4n) is 3.12. The fourth-order valence-corrected chi connectivity index (χ4v) is 3.12. The van der Waals surface area contributed by atoms with Crippen molar-refractivity contribution in [3.05, 3.63) is 54.2 Å². The van der Waals surface area contributed by atoms with Crippen molar-refractivity contribution in [2.24, 2.45) is 0 Å². The maximum absolute atomic E-state index is 9.06. The summed E-state index contributed by atoms with van der Waals surface area (Å²) in [5.74, 6) is 1.40. The van der Waals surface area contributed by atoms with Crippen LogP contribution in [0.4, 0.5) is 0 Å². The monoisotopic (exact) mass is 314 g/mol. The molecule has 3 aromatic carbocycles. The second-order valence-corrected chi connectivity index (χ2v) is 5.56. The SMILES string of the molecule is COc1cc2ccc3c4ccc(C#N)cc4ncc3c2cc1OC. The van der Waals surface area contributed by atoms with E-state index in [9.17, 15) is 0 Å². The number of rotatable bonds is 2. The summed E-state index contributed by atoms with van der Waals surface area (Å²) in [5.41, 5.74) is 1.43. The van der Waals surface area contributed by atoms with Crippen molar-refractivity contribution < 1.29 is 9.47 Å². The highest BCUT2D eigenvalue weighted by molar-refractivity contribution is 6.16. The summed E-state index contributed by atoms with van der Waals surface area (Å²) in [6, 6.07) is 15.8. The third kappa shape index (κ3) is 2.03. The number of hydrogen-bond acceptors (Lipinski definition) is 4. The standard InChI is InChI=1S/C20H14N2O2/c1-23-19-8-13-4-6-14-15-5-3-12(10-21)7-18(15)22-11-17(14)16(13)9-20(19)24-2/h3-9,11H,1-2H3. The first-order valence-electron chi connectivity index (χ1n) is 7.52. The van der Waals surface area contributed by atoms with Gasteiger partial charge in [-0.1, -0.05) is 18.2 Å². The van der Waals surface area contributed by atoms with Gasteiger partial charge in [0.15, 0.2) is 11.5 Å². The van der Waals surface area contributed by atoms with E-state index in [2.05, 4.69) is 23.2 Å². The molecule has 116 valence electrons. The van der Waals surface area contributed by atoms with Crippen LogP contribution in [-0.4, -0.2) is 19.2 Å². The quantitative estimate of drug-likeness (QED) is 0.514. The van der Waals surface area contributed by atoms with Crippen molar-refractivity contribution in [2.45, 2.75) is 0 Å². The zero-order valence-corrected chi connectivity index (χ0v) is 13.3. The molecule has 1 heterocycles. The molecule has 0 aliphatic rings. The van der Waals surface area contributed by atoms with Gasteiger partial charge in [-0.05, 0) is 40.4 Å². The van der Waals surface area contributed by atoms with Gasteiger partial charge in [0.2, 0.25) is 0 Å². The number of benzene rings is 3. The van der Waals surface area contributed by atoms with Crippen molar-refractivity contribution in [1.82, 2.24) is 4.98 Å². The largest absolute Gasteiger partial charge is 0.493 e. The zero-order chi connectivity index (χ0) is 16.7. The molecule has 0 atom stereocenters. The van der Waals surface area contributed by atoms with Crippen molar-refractivity contribution in [3.63, 3.8) is 0 Å². The fraction of sp³-hybridized carbons (Fsp3) is 0.100. The van der Waals surface area contributed by atoms with Gasteiger partial charge in [0.1, 0.15) is 0 Å². The summed E-state index contributed by atoms with van der Waals surface area (Å²) in [5, 5.41) is 14.4. The molecular formula is C20H14N2O2. The van der Waals surface area contributed by atoms with Crippen LogP contribution in [0.5, 0.6) is 11.5 Å². The average Bonchev–Trinajstić information content (AvgIpc) is 2.65. The van der Waals surface area contributed by atoms with Gasteiger partial charge in [0, 0.05) is 17.0 Å². The molecule has 1 aromatic heterocycles. The minimum absolute atomic E-state index is 0.613. The predicted octanol–water partition coefficient (Wildman–Crippen LogP) is 4.43. The lowest BCUT2D eigenvalue weighted by atomic mass is 9.99. The van der Waals surface area contributed by atoms with Crippen LogP contribution in [0.3, 0.4) is 0 Å². The Kier molecular flexibility index (Phi) is 3.21. The summed E-state index contributed by atoms with van der Waals surface area (Å²) < 4.78 is 10.8. The Balaban J connectivity index is 2.11. The van der Waals surface area contributed by atoms with Gasteiger partial charge in [-0.15, -0.1) is 0 Å². The highest BCUT2D eigenvalue weighted by Gasteiger charge is 2.10. The molecule has 0 N–H and O–H groups in total. The Morgan fingerprint density at radius 3 is 2.33 bits per heavy atom. The Morgan fingerprint density at radius 1 is 0.833 bits per heavy atom. The Morgan fingerprint density at radius 2 is 1.58 bits per heavy atom. The second-order valence-electron chi connectivity index (χ2n) is 5.56. The molecule has 0 saturated heterocycles. The minimum atomic E-state index is 0.613.